The molecular weight excluding hydrogens is 397 g/mol. The van der Waals surface area contributed by atoms with Crippen molar-refractivity contribution in [2.24, 2.45) is 0 Å². The van der Waals surface area contributed by atoms with Gasteiger partial charge in [-0.05, 0) is 24.3 Å². The van der Waals surface area contributed by atoms with Crippen molar-refractivity contribution < 1.29 is 32.6 Å². The lowest BCUT2D eigenvalue weighted by molar-refractivity contribution is -0.142. The first-order valence-corrected chi connectivity index (χ1v) is 8.88. The largest absolute Gasteiger partial charge is 0.481 e. The van der Waals surface area contributed by atoms with Crippen molar-refractivity contribution in [3.8, 4) is 5.75 Å². The maximum atomic E-state index is 14.4. The Bertz CT molecular complexity index is 1120. The van der Waals surface area contributed by atoms with Crippen LogP contribution in [-0.2, 0) is 16.1 Å². The molecule has 1 aliphatic heterocycles. The number of nitrogens with zero attached hydrogens (tertiary/aromatic N) is 2. The lowest BCUT2D eigenvalue weighted by atomic mass is 10.1. The number of carbonyl (C=O) groups excluding carboxylic acids is 1. The van der Waals surface area contributed by atoms with Gasteiger partial charge >= 0.3 is 5.97 Å². The standard InChI is InChI=1S/C18H11F3N2O4S/c19-8-4-5-12-16(15(8)21)22-13(28-12)7-23-17-9(20)2-1-3-10(17)27-11(18(23)26)6-14(24)25/h1-5,11H,6-7H2,(H,24,25). The van der Waals surface area contributed by atoms with Gasteiger partial charge in [-0.3, -0.25) is 14.5 Å². The van der Waals surface area contributed by atoms with Gasteiger partial charge in [-0.25, -0.2) is 18.2 Å². The van der Waals surface area contributed by atoms with Crippen molar-refractivity contribution in [1.29, 1.82) is 0 Å². The molecule has 0 radical (unpaired) electrons. The highest BCUT2D eigenvalue weighted by atomic mass is 32.1. The molecule has 1 amide bonds. The molecule has 1 unspecified atom stereocenters. The van der Waals surface area contributed by atoms with E-state index in [2.05, 4.69) is 4.98 Å². The molecule has 28 heavy (non-hydrogen) atoms. The summed E-state index contributed by atoms with van der Waals surface area (Å²) in [5.74, 6) is -4.89. The van der Waals surface area contributed by atoms with Crippen LogP contribution in [0, 0.1) is 17.5 Å². The fourth-order valence-electron chi connectivity index (χ4n) is 2.97. The van der Waals surface area contributed by atoms with E-state index in [1.807, 2.05) is 0 Å². The highest BCUT2D eigenvalue weighted by Gasteiger charge is 2.38. The van der Waals surface area contributed by atoms with E-state index in [0.717, 1.165) is 28.4 Å². The van der Waals surface area contributed by atoms with Gasteiger partial charge in [0.05, 0.1) is 17.7 Å². The molecule has 4 rings (SSSR count). The highest BCUT2D eigenvalue weighted by Crippen LogP contribution is 2.38. The van der Waals surface area contributed by atoms with E-state index in [4.69, 9.17) is 9.84 Å². The molecule has 0 saturated heterocycles. The second kappa shape index (κ2) is 6.79. The van der Waals surface area contributed by atoms with Crippen LogP contribution >= 0.6 is 11.3 Å². The molecular formula is C18H11F3N2O4S. The molecule has 1 aromatic heterocycles. The summed E-state index contributed by atoms with van der Waals surface area (Å²) in [6.07, 6.45) is -1.94. The number of amides is 1. The van der Waals surface area contributed by atoms with Gasteiger partial charge in [0.1, 0.15) is 22.0 Å². The maximum Gasteiger partial charge on any atom is 0.307 e. The molecule has 0 spiro atoms. The summed E-state index contributed by atoms with van der Waals surface area (Å²) in [6, 6.07) is 6.25. The molecule has 3 aromatic rings. The monoisotopic (exact) mass is 408 g/mol. The number of halogens is 3. The summed E-state index contributed by atoms with van der Waals surface area (Å²) in [5.41, 5.74) is -0.336. The SMILES string of the molecule is O=C(O)CC1Oc2cccc(F)c2N(Cc2nc3c(F)c(F)ccc3s2)C1=O. The van der Waals surface area contributed by atoms with Gasteiger partial charge in [-0.15, -0.1) is 11.3 Å². The Hall–Kier alpha value is -3.14. The van der Waals surface area contributed by atoms with E-state index in [-0.39, 0.29) is 28.5 Å². The smallest absolute Gasteiger partial charge is 0.307 e. The third-order valence-electron chi connectivity index (χ3n) is 4.18. The van der Waals surface area contributed by atoms with Crippen molar-refractivity contribution in [3.05, 3.63) is 52.8 Å². The van der Waals surface area contributed by atoms with Gasteiger partial charge in [0.15, 0.2) is 23.6 Å². The van der Waals surface area contributed by atoms with Crippen LogP contribution in [0.3, 0.4) is 0 Å². The molecule has 1 N–H and O–H groups in total. The number of ether oxygens (including phenoxy) is 1. The minimum Gasteiger partial charge on any atom is -0.481 e. The number of carboxylic acids is 1. The predicted octanol–water partition coefficient (Wildman–Crippen LogP) is 3.48. The first-order valence-electron chi connectivity index (χ1n) is 8.07. The quantitative estimate of drug-likeness (QED) is 0.715. The fourth-order valence-corrected chi connectivity index (χ4v) is 3.92. The van der Waals surface area contributed by atoms with E-state index in [1.165, 1.54) is 18.2 Å². The van der Waals surface area contributed by atoms with E-state index in [1.54, 1.807) is 0 Å². The lowest BCUT2D eigenvalue weighted by Gasteiger charge is -2.33. The third kappa shape index (κ3) is 3.05. The van der Waals surface area contributed by atoms with Crippen LogP contribution in [0.5, 0.6) is 5.75 Å². The summed E-state index contributed by atoms with van der Waals surface area (Å²) < 4.78 is 47.4. The van der Waals surface area contributed by atoms with Crippen LogP contribution in [0.25, 0.3) is 10.2 Å². The molecule has 1 atom stereocenters. The number of carboxylic acid groups (broad SMARTS) is 1. The molecule has 0 saturated carbocycles. The number of aliphatic carboxylic acids is 1. The zero-order valence-electron chi connectivity index (χ0n) is 14.0. The lowest BCUT2D eigenvalue weighted by Crippen LogP contribution is -2.46. The minimum atomic E-state index is -1.34. The number of hydrogen-bond acceptors (Lipinski definition) is 5. The number of thiazole rings is 1. The van der Waals surface area contributed by atoms with Crippen LogP contribution in [0.1, 0.15) is 11.4 Å². The number of aromatic nitrogens is 1. The van der Waals surface area contributed by atoms with Crippen molar-refractivity contribution in [1.82, 2.24) is 4.98 Å². The fraction of sp³-hybridized carbons (Fsp3) is 0.167. The number of rotatable bonds is 4. The van der Waals surface area contributed by atoms with Gasteiger partial charge < -0.3 is 9.84 Å². The predicted molar refractivity (Wildman–Crippen MR) is 93.8 cm³/mol. The Morgan fingerprint density at radius 1 is 1.21 bits per heavy atom. The summed E-state index contributed by atoms with van der Waals surface area (Å²) in [7, 11) is 0. The molecule has 1 aliphatic rings. The Labute approximate surface area is 159 Å². The Morgan fingerprint density at radius 2 is 2.00 bits per heavy atom. The van der Waals surface area contributed by atoms with Gasteiger partial charge in [0, 0.05) is 0 Å². The number of hydrogen-bond donors (Lipinski definition) is 1. The van der Waals surface area contributed by atoms with Gasteiger partial charge in [-0.2, -0.15) is 0 Å². The zero-order chi connectivity index (χ0) is 20.0. The molecule has 0 fully saturated rings. The van der Waals surface area contributed by atoms with Crippen molar-refractivity contribution >= 4 is 39.1 Å². The molecule has 0 aliphatic carbocycles. The number of fused-ring (bicyclic) bond motifs is 2. The maximum absolute atomic E-state index is 14.4. The summed E-state index contributed by atoms with van der Waals surface area (Å²) >= 11 is 1.02. The third-order valence-corrected chi connectivity index (χ3v) is 5.19. The Kier molecular flexibility index (Phi) is 4.42. The summed E-state index contributed by atoms with van der Waals surface area (Å²) in [4.78, 5) is 28.8. The van der Waals surface area contributed by atoms with Crippen LogP contribution in [0.2, 0.25) is 0 Å². The molecule has 2 heterocycles. The summed E-state index contributed by atoms with van der Waals surface area (Å²) in [6.45, 7) is -0.243. The average molecular weight is 408 g/mol. The first kappa shape index (κ1) is 18.2. The second-order valence-electron chi connectivity index (χ2n) is 6.03. The number of anilines is 1. The van der Waals surface area contributed by atoms with E-state index < -0.39 is 41.9 Å². The normalized spacial score (nSPS) is 16.2. The van der Waals surface area contributed by atoms with Crippen LogP contribution in [-0.4, -0.2) is 28.1 Å². The Morgan fingerprint density at radius 3 is 2.75 bits per heavy atom. The molecule has 0 bridgehead atoms. The Balaban J connectivity index is 1.76. The van der Waals surface area contributed by atoms with Crippen molar-refractivity contribution in [3.63, 3.8) is 0 Å². The van der Waals surface area contributed by atoms with Crippen LogP contribution < -0.4 is 9.64 Å². The number of carbonyl (C=O) groups is 2. The highest BCUT2D eigenvalue weighted by molar-refractivity contribution is 7.18. The number of benzene rings is 2. The van der Waals surface area contributed by atoms with E-state index >= 15 is 0 Å². The van der Waals surface area contributed by atoms with Crippen LogP contribution in [0.4, 0.5) is 18.9 Å². The molecule has 6 nitrogen and oxygen atoms in total. The van der Waals surface area contributed by atoms with Gasteiger partial charge in [-0.1, -0.05) is 6.07 Å². The minimum absolute atomic E-state index is 0.0178. The first-order chi connectivity index (χ1) is 13.3. The van der Waals surface area contributed by atoms with Gasteiger partial charge in [0.25, 0.3) is 5.91 Å². The molecule has 2 aromatic carbocycles. The topological polar surface area (TPSA) is 79.7 Å². The molecule has 144 valence electrons. The van der Waals surface area contributed by atoms with E-state index in [9.17, 15) is 22.8 Å². The van der Waals surface area contributed by atoms with Crippen LogP contribution in [0.15, 0.2) is 30.3 Å². The molecule has 10 heteroatoms. The zero-order valence-corrected chi connectivity index (χ0v) is 14.8. The second-order valence-corrected chi connectivity index (χ2v) is 7.15. The summed E-state index contributed by atoms with van der Waals surface area (Å²) in [5, 5.41) is 9.24. The van der Waals surface area contributed by atoms with Gasteiger partial charge in [0.2, 0.25) is 0 Å². The average Bonchev–Trinajstić information content (AvgIpc) is 3.05. The van der Waals surface area contributed by atoms with Crippen molar-refractivity contribution in [2.75, 3.05) is 4.90 Å². The number of para-hydroxylation sites is 1. The van der Waals surface area contributed by atoms with Crippen molar-refractivity contribution in [2.45, 2.75) is 19.1 Å². The van der Waals surface area contributed by atoms with E-state index in [0.29, 0.717) is 4.70 Å².